The van der Waals surface area contributed by atoms with Crippen LogP contribution in [-0.2, 0) is 0 Å². The number of rotatable bonds is 5. The number of benzene rings is 1. The molecule has 4 nitrogen and oxygen atoms in total. The Hall–Kier alpha value is -1.84. The Kier molecular flexibility index (Phi) is 4.23. The first-order chi connectivity index (χ1) is 10.3. The summed E-state index contributed by atoms with van der Waals surface area (Å²) in [5.41, 5.74) is 0.991. The molecule has 1 aliphatic carbocycles. The summed E-state index contributed by atoms with van der Waals surface area (Å²) in [5.74, 6) is 3.24. The third-order valence-electron chi connectivity index (χ3n) is 4.51. The summed E-state index contributed by atoms with van der Waals surface area (Å²) in [6, 6.07) is 8.20. The van der Waals surface area contributed by atoms with Crippen molar-refractivity contribution < 1.29 is 0 Å². The highest BCUT2D eigenvalue weighted by Gasteiger charge is 2.23. The number of fused-ring (bicyclic) bond motifs is 1. The molecule has 2 N–H and O–H groups in total. The number of hydrogen-bond acceptors (Lipinski definition) is 4. The maximum Gasteiger partial charge on any atom is 0.225 e. The van der Waals surface area contributed by atoms with Crippen LogP contribution in [0, 0.1) is 11.8 Å². The first-order valence-corrected chi connectivity index (χ1v) is 8.02. The van der Waals surface area contributed by atoms with Crippen molar-refractivity contribution in [3.8, 4) is 0 Å². The normalized spacial score (nSPS) is 21.6. The molecule has 1 fully saturated rings. The van der Waals surface area contributed by atoms with Crippen LogP contribution in [0.1, 0.15) is 33.1 Å². The van der Waals surface area contributed by atoms with Crippen molar-refractivity contribution >= 4 is 22.7 Å². The number of hydrogen-bond donors (Lipinski definition) is 2. The molecule has 2 aromatic rings. The Labute approximate surface area is 126 Å². The number of nitrogens with zero attached hydrogens (tertiary/aromatic N) is 2. The molecule has 112 valence electrons. The minimum atomic E-state index is 0.707. The quantitative estimate of drug-likeness (QED) is 0.874. The van der Waals surface area contributed by atoms with Crippen molar-refractivity contribution in [1.29, 1.82) is 0 Å². The summed E-state index contributed by atoms with van der Waals surface area (Å²) in [7, 11) is 0. The molecule has 1 aromatic carbocycles. The smallest absolute Gasteiger partial charge is 0.225 e. The Morgan fingerprint density at radius 2 is 2.00 bits per heavy atom. The van der Waals surface area contributed by atoms with E-state index in [0.29, 0.717) is 5.95 Å². The molecule has 2 unspecified atom stereocenters. The van der Waals surface area contributed by atoms with Gasteiger partial charge in [0.25, 0.3) is 0 Å². The molecule has 0 saturated heterocycles. The average molecular weight is 284 g/mol. The van der Waals surface area contributed by atoms with Crippen LogP contribution in [-0.4, -0.2) is 23.1 Å². The van der Waals surface area contributed by atoms with Crippen LogP contribution < -0.4 is 10.6 Å². The van der Waals surface area contributed by atoms with Crippen LogP contribution in [0.25, 0.3) is 10.9 Å². The second-order valence-electron chi connectivity index (χ2n) is 5.99. The Morgan fingerprint density at radius 1 is 1.14 bits per heavy atom. The number of aromatic nitrogens is 2. The Bertz CT molecular complexity index is 611. The van der Waals surface area contributed by atoms with Crippen LogP contribution in [0.15, 0.2) is 24.3 Å². The van der Waals surface area contributed by atoms with Crippen LogP contribution in [0.3, 0.4) is 0 Å². The third kappa shape index (κ3) is 3.09. The predicted molar refractivity (Wildman–Crippen MR) is 88.7 cm³/mol. The third-order valence-corrected chi connectivity index (χ3v) is 4.51. The van der Waals surface area contributed by atoms with Gasteiger partial charge >= 0.3 is 0 Å². The standard InChI is InChI=1S/C17H24N4/c1-3-18-17-20-15-10-5-4-9-14(15)16(21-17)19-11-13-8-6-7-12(13)2/h4-5,9-10,12-13H,3,6-8,11H2,1-2H3,(H2,18,19,20,21). The van der Waals surface area contributed by atoms with Crippen molar-refractivity contribution in [2.75, 3.05) is 23.7 Å². The van der Waals surface area contributed by atoms with Crippen molar-refractivity contribution in [3.63, 3.8) is 0 Å². The molecule has 0 radical (unpaired) electrons. The van der Waals surface area contributed by atoms with Gasteiger partial charge in [0, 0.05) is 18.5 Å². The van der Waals surface area contributed by atoms with Gasteiger partial charge in [-0.3, -0.25) is 0 Å². The molecular weight excluding hydrogens is 260 g/mol. The zero-order valence-corrected chi connectivity index (χ0v) is 12.9. The fraction of sp³-hybridized carbons (Fsp3) is 0.529. The molecule has 1 aliphatic rings. The van der Waals surface area contributed by atoms with E-state index in [9.17, 15) is 0 Å². The minimum absolute atomic E-state index is 0.707. The molecule has 1 aromatic heterocycles. The predicted octanol–water partition coefficient (Wildman–Crippen LogP) is 3.91. The molecular formula is C17H24N4. The molecule has 0 amide bonds. The fourth-order valence-electron chi connectivity index (χ4n) is 3.20. The van der Waals surface area contributed by atoms with E-state index in [1.54, 1.807) is 0 Å². The van der Waals surface area contributed by atoms with Crippen molar-refractivity contribution in [2.24, 2.45) is 11.8 Å². The van der Waals surface area contributed by atoms with Gasteiger partial charge in [0.15, 0.2) is 0 Å². The van der Waals surface area contributed by atoms with Gasteiger partial charge in [0.2, 0.25) is 5.95 Å². The lowest BCUT2D eigenvalue weighted by atomic mass is 9.98. The lowest BCUT2D eigenvalue weighted by Gasteiger charge is -2.17. The molecule has 21 heavy (non-hydrogen) atoms. The molecule has 0 spiro atoms. The van der Waals surface area contributed by atoms with Gasteiger partial charge in [-0.1, -0.05) is 31.9 Å². The van der Waals surface area contributed by atoms with E-state index in [4.69, 9.17) is 0 Å². The van der Waals surface area contributed by atoms with Crippen LogP contribution in [0.5, 0.6) is 0 Å². The van der Waals surface area contributed by atoms with E-state index >= 15 is 0 Å². The van der Waals surface area contributed by atoms with Crippen molar-refractivity contribution in [1.82, 2.24) is 9.97 Å². The molecule has 0 aliphatic heterocycles. The maximum atomic E-state index is 4.64. The monoisotopic (exact) mass is 284 g/mol. The molecule has 2 atom stereocenters. The molecule has 1 heterocycles. The Balaban J connectivity index is 1.85. The molecule has 1 saturated carbocycles. The number of anilines is 2. The van der Waals surface area contributed by atoms with Gasteiger partial charge < -0.3 is 10.6 Å². The van der Waals surface area contributed by atoms with Gasteiger partial charge in [0.1, 0.15) is 5.82 Å². The Morgan fingerprint density at radius 3 is 2.76 bits per heavy atom. The second kappa shape index (κ2) is 6.29. The largest absolute Gasteiger partial charge is 0.369 e. The summed E-state index contributed by atoms with van der Waals surface area (Å²) in [6.07, 6.45) is 4.05. The summed E-state index contributed by atoms with van der Waals surface area (Å²) in [4.78, 5) is 9.20. The van der Waals surface area contributed by atoms with E-state index in [-0.39, 0.29) is 0 Å². The van der Waals surface area contributed by atoms with Gasteiger partial charge in [-0.15, -0.1) is 0 Å². The maximum absolute atomic E-state index is 4.64. The number of nitrogens with one attached hydrogen (secondary N) is 2. The lowest BCUT2D eigenvalue weighted by Crippen LogP contribution is -2.17. The van der Waals surface area contributed by atoms with E-state index < -0.39 is 0 Å². The van der Waals surface area contributed by atoms with Crippen LogP contribution >= 0.6 is 0 Å². The first-order valence-electron chi connectivity index (χ1n) is 8.02. The van der Waals surface area contributed by atoms with E-state index in [0.717, 1.165) is 41.6 Å². The van der Waals surface area contributed by atoms with E-state index in [2.05, 4.69) is 40.5 Å². The highest BCUT2D eigenvalue weighted by molar-refractivity contribution is 5.90. The van der Waals surface area contributed by atoms with Gasteiger partial charge in [-0.05, 0) is 37.3 Å². The lowest BCUT2D eigenvalue weighted by molar-refractivity contribution is 0.439. The highest BCUT2D eigenvalue weighted by Crippen LogP contribution is 2.31. The summed E-state index contributed by atoms with van der Waals surface area (Å²) in [5, 5.41) is 7.88. The van der Waals surface area contributed by atoms with Gasteiger partial charge in [0.05, 0.1) is 5.52 Å². The van der Waals surface area contributed by atoms with E-state index in [1.807, 2.05) is 18.2 Å². The highest BCUT2D eigenvalue weighted by atomic mass is 15.1. The van der Waals surface area contributed by atoms with Gasteiger partial charge in [-0.2, -0.15) is 4.98 Å². The van der Waals surface area contributed by atoms with E-state index in [1.165, 1.54) is 19.3 Å². The van der Waals surface area contributed by atoms with Gasteiger partial charge in [-0.25, -0.2) is 4.98 Å². The van der Waals surface area contributed by atoms with Crippen LogP contribution in [0.4, 0.5) is 11.8 Å². The summed E-state index contributed by atoms with van der Waals surface area (Å²) in [6.45, 7) is 6.26. The molecule has 4 heteroatoms. The molecule has 0 bridgehead atoms. The average Bonchev–Trinajstić information content (AvgIpc) is 2.90. The zero-order chi connectivity index (χ0) is 14.7. The topological polar surface area (TPSA) is 49.8 Å². The van der Waals surface area contributed by atoms with Crippen LogP contribution in [0.2, 0.25) is 0 Å². The second-order valence-corrected chi connectivity index (χ2v) is 5.99. The fourth-order valence-corrected chi connectivity index (χ4v) is 3.20. The molecule has 3 rings (SSSR count). The zero-order valence-electron chi connectivity index (χ0n) is 12.9. The summed E-state index contributed by atoms with van der Waals surface area (Å²) < 4.78 is 0. The minimum Gasteiger partial charge on any atom is -0.369 e. The summed E-state index contributed by atoms with van der Waals surface area (Å²) >= 11 is 0. The van der Waals surface area contributed by atoms with Crippen molar-refractivity contribution in [2.45, 2.75) is 33.1 Å². The first kappa shape index (κ1) is 14.1. The SMILES string of the molecule is CCNc1nc(NCC2CCCC2C)c2ccccc2n1. The number of para-hydroxylation sites is 1. The van der Waals surface area contributed by atoms with Crippen molar-refractivity contribution in [3.05, 3.63) is 24.3 Å².